The first kappa shape index (κ1) is 21.8. The van der Waals surface area contributed by atoms with Crippen LogP contribution in [0.15, 0.2) is 42.0 Å². The van der Waals surface area contributed by atoms with E-state index in [0.29, 0.717) is 17.5 Å². The summed E-state index contributed by atoms with van der Waals surface area (Å²) in [6, 6.07) is 4.48. The smallest absolute Gasteiger partial charge is 0.393 e. The van der Waals surface area contributed by atoms with Gasteiger partial charge in [-0.1, -0.05) is 19.9 Å². The molecule has 0 atom stereocenters. The number of alkyl halides is 3. The molecular formula is C20H19F4N3O2S. The molecule has 0 aliphatic carbocycles. The van der Waals surface area contributed by atoms with Crippen molar-refractivity contribution in [2.45, 2.75) is 33.0 Å². The van der Waals surface area contributed by atoms with Gasteiger partial charge < -0.3 is 9.30 Å². The molecule has 2 aromatic heterocycles. The number of carbonyl (C=O) groups is 1. The van der Waals surface area contributed by atoms with E-state index in [9.17, 15) is 22.4 Å². The summed E-state index contributed by atoms with van der Waals surface area (Å²) in [6.45, 7) is 4.01. The van der Waals surface area contributed by atoms with Gasteiger partial charge in [0.05, 0.1) is 12.1 Å². The molecule has 5 nitrogen and oxygen atoms in total. The lowest BCUT2D eigenvalue weighted by atomic mass is 10.1. The van der Waals surface area contributed by atoms with Crippen LogP contribution in [0.2, 0.25) is 0 Å². The fourth-order valence-corrected chi connectivity index (χ4v) is 3.43. The van der Waals surface area contributed by atoms with Crippen LogP contribution in [-0.2, 0) is 19.1 Å². The van der Waals surface area contributed by atoms with Crippen molar-refractivity contribution < 1.29 is 27.1 Å². The first-order chi connectivity index (χ1) is 14.1. The second kappa shape index (κ2) is 8.86. The summed E-state index contributed by atoms with van der Waals surface area (Å²) in [5, 5.41) is 4.52. The average molecular weight is 441 g/mol. The Labute approximate surface area is 174 Å². The lowest BCUT2D eigenvalue weighted by Gasteiger charge is -2.12. The molecule has 0 saturated carbocycles. The lowest BCUT2D eigenvalue weighted by molar-refractivity contribution is -0.140. The third-order valence-electron chi connectivity index (χ3n) is 4.09. The van der Waals surface area contributed by atoms with E-state index in [2.05, 4.69) is 10.3 Å². The number of thiazole rings is 1. The largest absolute Gasteiger partial charge is 0.420 e. The molecule has 2 heterocycles. The van der Waals surface area contributed by atoms with Crippen molar-refractivity contribution in [2.75, 3.05) is 5.32 Å². The van der Waals surface area contributed by atoms with Gasteiger partial charge in [0.2, 0.25) is 5.88 Å². The maximum Gasteiger partial charge on any atom is 0.420 e. The second-order valence-electron chi connectivity index (χ2n) is 7.08. The highest BCUT2D eigenvalue weighted by molar-refractivity contribution is 7.13. The molecule has 0 saturated heterocycles. The minimum Gasteiger partial charge on any atom is -0.393 e. The molecule has 0 radical (unpaired) electrons. The summed E-state index contributed by atoms with van der Waals surface area (Å²) in [4.78, 5) is 16.1. The van der Waals surface area contributed by atoms with E-state index in [1.54, 1.807) is 17.6 Å². The monoisotopic (exact) mass is 441 g/mol. The number of aromatic nitrogens is 2. The van der Waals surface area contributed by atoms with Crippen molar-refractivity contribution in [2.24, 2.45) is 5.92 Å². The molecule has 0 bridgehead atoms. The summed E-state index contributed by atoms with van der Waals surface area (Å²) in [7, 11) is 0. The van der Waals surface area contributed by atoms with E-state index in [0.717, 1.165) is 17.7 Å². The minimum absolute atomic E-state index is 0.0265. The third-order valence-corrected chi connectivity index (χ3v) is 4.77. The molecule has 0 spiro atoms. The van der Waals surface area contributed by atoms with Crippen molar-refractivity contribution in [3.05, 3.63) is 64.5 Å². The van der Waals surface area contributed by atoms with Gasteiger partial charge in [-0.3, -0.25) is 5.32 Å². The molecule has 0 unspecified atom stereocenters. The second-order valence-corrected chi connectivity index (χ2v) is 7.97. The lowest BCUT2D eigenvalue weighted by Crippen LogP contribution is -2.18. The van der Waals surface area contributed by atoms with E-state index >= 15 is 0 Å². The van der Waals surface area contributed by atoms with Crippen molar-refractivity contribution >= 4 is 22.6 Å². The van der Waals surface area contributed by atoms with Crippen molar-refractivity contribution in [1.82, 2.24) is 9.55 Å². The summed E-state index contributed by atoms with van der Waals surface area (Å²) in [6.07, 6.45) is -1.64. The number of hydrogen-bond acceptors (Lipinski definition) is 4. The molecule has 1 N–H and O–H groups in total. The Morgan fingerprint density at radius 3 is 2.67 bits per heavy atom. The van der Waals surface area contributed by atoms with Gasteiger partial charge in [0.1, 0.15) is 5.82 Å². The number of carbonyl (C=O) groups excluding carboxylic acids is 1. The van der Waals surface area contributed by atoms with E-state index < -0.39 is 23.7 Å². The van der Waals surface area contributed by atoms with Crippen LogP contribution in [0.1, 0.15) is 30.5 Å². The molecule has 10 heteroatoms. The van der Waals surface area contributed by atoms with Gasteiger partial charge in [0.15, 0.2) is 5.13 Å². The predicted octanol–water partition coefficient (Wildman–Crippen LogP) is 5.96. The number of nitrogens with one attached hydrogen (secondary N) is 1. The van der Waals surface area contributed by atoms with E-state index in [4.69, 9.17) is 4.74 Å². The number of nitrogens with zero attached hydrogens (tertiary/aromatic N) is 2. The highest BCUT2D eigenvalue weighted by atomic mass is 32.1. The van der Waals surface area contributed by atoms with Crippen LogP contribution in [0.4, 0.5) is 27.5 Å². The van der Waals surface area contributed by atoms with Crippen molar-refractivity contribution in [3.8, 4) is 5.88 Å². The Hall–Kier alpha value is -2.88. The number of ether oxygens (including phenoxy) is 1. The van der Waals surface area contributed by atoms with Gasteiger partial charge in [-0.2, -0.15) is 13.2 Å². The topological polar surface area (TPSA) is 56.1 Å². The quantitative estimate of drug-likeness (QED) is 0.480. The highest BCUT2D eigenvalue weighted by Crippen LogP contribution is 2.32. The minimum atomic E-state index is -4.80. The van der Waals surface area contributed by atoms with Gasteiger partial charge in [0.25, 0.3) is 0 Å². The zero-order valence-electron chi connectivity index (χ0n) is 16.2. The summed E-state index contributed by atoms with van der Waals surface area (Å²) in [5.41, 5.74) is -0.251. The average Bonchev–Trinajstić information content (AvgIpc) is 3.25. The van der Waals surface area contributed by atoms with Crippen LogP contribution in [-0.4, -0.2) is 15.6 Å². The van der Waals surface area contributed by atoms with Gasteiger partial charge in [-0.05, 0) is 35.6 Å². The molecule has 30 heavy (non-hydrogen) atoms. The number of hydrogen-bond donors (Lipinski definition) is 1. The Morgan fingerprint density at radius 2 is 2.03 bits per heavy atom. The summed E-state index contributed by atoms with van der Waals surface area (Å²) >= 11 is 1.22. The number of amides is 1. The van der Waals surface area contributed by atoms with Crippen LogP contribution < -0.4 is 10.1 Å². The predicted molar refractivity (Wildman–Crippen MR) is 105 cm³/mol. The number of halogens is 4. The molecule has 0 aliphatic rings. The summed E-state index contributed by atoms with van der Waals surface area (Å²) in [5.74, 6) is -0.850. The Kier molecular flexibility index (Phi) is 6.45. The van der Waals surface area contributed by atoms with Crippen molar-refractivity contribution in [1.29, 1.82) is 0 Å². The SMILES string of the molecule is CC(C)Cc1cc(OC(=O)Nc2nccs2)n(Cc2ccc(F)c(C(F)(F)F)c2)c1. The highest BCUT2D eigenvalue weighted by Gasteiger charge is 2.34. The Bertz CT molecular complexity index is 1010. The number of rotatable bonds is 6. The maximum atomic E-state index is 13.6. The van der Waals surface area contributed by atoms with E-state index in [1.807, 2.05) is 13.8 Å². The first-order valence-corrected chi connectivity index (χ1v) is 9.93. The van der Waals surface area contributed by atoms with E-state index in [-0.39, 0.29) is 18.0 Å². The molecule has 160 valence electrons. The fourth-order valence-electron chi connectivity index (χ4n) is 2.91. The molecule has 3 aromatic rings. The maximum absolute atomic E-state index is 13.6. The normalized spacial score (nSPS) is 11.7. The van der Waals surface area contributed by atoms with Gasteiger partial charge in [-0.25, -0.2) is 14.2 Å². The van der Waals surface area contributed by atoms with Crippen LogP contribution >= 0.6 is 11.3 Å². The van der Waals surface area contributed by atoms with Gasteiger partial charge in [-0.15, -0.1) is 11.3 Å². The number of benzene rings is 1. The number of anilines is 1. The van der Waals surface area contributed by atoms with Crippen LogP contribution in [0.3, 0.4) is 0 Å². The van der Waals surface area contributed by atoms with E-state index in [1.165, 1.54) is 28.2 Å². The molecule has 0 fully saturated rings. The fraction of sp³-hybridized carbons (Fsp3) is 0.300. The van der Waals surface area contributed by atoms with Gasteiger partial charge in [0, 0.05) is 23.8 Å². The van der Waals surface area contributed by atoms with Crippen LogP contribution in [0.5, 0.6) is 5.88 Å². The molecule has 3 rings (SSSR count). The zero-order valence-corrected chi connectivity index (χ0v) is 17.0. The van der Waals surface area contributed by atoms with Crippen molar-refractivity contribution in [3.63, 3.8) is 0 Å². The third kappa shape index (κ3) is 5.59. The van der Waals surface area contributed by atoms with Crippen LogP contribution in [0.25, 0.3) is 0 Å². The summed E-state index contributed by atoms with van der Waals surface area (Å²) < 4.78 is 59.5. The zero-order chi connectivity index (χ0) is 21.9. The first-order valence-electron chi connectivity index (χ1n) is 9.05. The molecular weight excluding hydrogens is 422 g/mol. The molecule has 1 amide bonds. The van der Waals surface area contributed by atoms with Crippen LogP contribution in [0, 0.1) is 11.7 Å². The molecule has 1 aromatic carbocycles. The Balaban J connectivity index is 1.85. The standard InChI is InChI=1S/C20H19F4N3O2S/c1-12(2)7-14-9-17(29-19(28)26-18-25-5-6-30-18)27(11-14)10-13-3-4-16(21)15(8-13)20(22,23)24/h3-6,8-9,11-12H,7,10H2,1-2H3,(H,25,26,28). The van der Waals surface area contributed by atoms with Gasteiger partial charge >= 0.3 is 12.3 Å². The molecule has 0 aliphatic heterocycles. The Morgan fingerprint density at radius 1 is 1.27 bits per heavy atom.